The van der Waals surface area contributed by atoms with Crippen molar-refractivity contribution in [2.45, 2.75) is 12.5 Å². The fourth-order valence-electron chi connectivity index (χ4n) is 3.45. The summed E-state index contributed by atoms with van der Waals surface area (Å²) >= 11 is 2.58. The molecule has 0 fully saturated rings. The van der Waals surface area contributed by atoms with Gasteiger partial charge in [0.2, 0.25) is 5.91 Å². The van der Waals surface area contributed by atoms with Gasteiger partial charge in [-0.25, -0.2) is 9.78 Å². The molecule has 8 nitrogen and oxygen atoms in total. The molecule has 0 saturated heterocycles. The average Bonchev–Trinajstić information content (AvgIpc) is 3.36. The van der Waals surface area contributed by atoms with Crippen molar-refractivity contribution in [3.63, 3.8) is 0 Å². The summed E-state index contributed by atoms with van der Waals surface area (Å²) in [5, 5.41) is 2.82. The number of carbonyl (C=O) groups is 2. The highest BCUT2D eigenvalue weighted by molar-refractivity contribution is 7.99. The van der Waals surface area contributed by atoms with Crippen molar-refractivity contribution in [3.05, 3.63) is 83.9 Å². The van der Waals surface area contributed by atoms with E-state index in [0.29, 0.717) is 17.9 Å². The Morgan fingerprint density at radius 3 is 2.60 bits per heavy atom. The molecule has 0 spiro atoms. The Morgan fingerprint density at radius 2 is 1.86 bits per heavy atom. The number of likely N-dealkylation sites (N-methyl/N-ethyl adjacent to an activating group) is 1. The van der Waals surface area contributed by atoms with Gasteiger partial charge < -0.3 is 19.7 Å². The third-order valence-corrected chi connectivity index (χ3v) is 6.74. The van der Waals surface area contributed by atoms with Crippen molar-refractivity contribution in [2.75, 3.05) is 23.8 Å². The lowest BCUT2D eigenvalue weighted by Crippen LogP contribution is -2.50. The molecule has 3 aromatic carbocycles. The van der Waals surface area contributed by atoms with E-state index in [-0.39, 0.29) is 5.91 Å². The molecular formula is C25H25N5O3S2. The number of aromatic nitrogens is 1. The molecule has 0 radical (unpaired) electrons. The third kappa shape index (κ3) is 6.43. The topological polar surface area (TPSA) is 95.6 Å². The van der Waals surface area contributed by atoms with E-state index >= 15 is 0 Å². The van der Waals surface area contributed by atoms with Crippen LogP contribution in [0.1, 0.15) is 5.56 Å². The normalized spacial score (nSPS) is 11.5. The van der Waals surface area contributed by atoms with Gasteiger partial charge in [0, 0.05) is 24.8 Å². The molecule has 180 valence electrons. The van der Waals surface area contributed by atoms with Crippen molar-refractivity contribution in [1.82, 2.24) is 15.0 Å². The second-order valence-corrected chi connectivity index (χ2v) is 9.15. The molecule has 4 rings (SSSR count). The molecule has 0 aliphatic carbocycles. The van der Waals surface area contributed by atoms with E-state index in [1.807, 2.05) is 48.5 Å². The Hall–Kier alpha value is -3.76. The second-order valence-electron chi connectivity index (χ2n) is 7.65. The molecule has 3 amide bonds. The van der Waals surface area contributed by atoms with Gasteiger partial charge in [-0.15, -0.1) is 11.3 Å². The molecule has 0 saturated carbocycles. The Bertz CT molecular complexity index is 1280. The molecule has 1 atom stereocenters. The first kappa shape index (κ1) is 24.4. The monoisotopic (exact) mass is 507 g/mol. The summed E-state index contributed by atoms with van der Waals surface area (Å²) in [4.78, 5) is 31.8. The molecule has 10 heteroatoms. The number of benzene rings is 3. The van der Waals surface area contributed by atoms with Gasteiger partial charge in [-0.3, -0.25) is 9.52 Å². The van der Waals surface area contributed by atoms with Gasteiger partial charge >= 0.3 is 6.03 Å². The van der Waals surface area contributed by atoms with E-state index in [2.05, 4.69) is 19.7 Å². The summed E-state index contributed by atoms with van der Waals surface area (Å²) < 4.78 is 12.0. The van der Waals surface area contributed by atoms with Gasteiger partial charge in [0.1, 0.15) is 11.8 Å². The van der Waals surface area contributed by atoms with Crippen LogP contribution in [0, 0.1) is 0 Å². The number of thiazole rings is 1. The molecular weight excluding hydrogens is 482 g/mol. The zero-order valence-corrected chi connectivity index (χ0v) is 20.9. The van der Waals surface area contributed by atoms with E-state index < -0.39 is 12.1 Å². The molecule has 35 heavy (non-hydrogen) atoms. The predicted octanol–water partition coefficient (Wildman–Crippen LogP) is 4.85. The summed E-state index contributed by atoms with van der Waals surface area (Å²) in [7, 11) is 3.28. The van der Waals surface area contributed by atoms with Crippen LogP contribution in [0.5, 0.6) is 5.75 Å². The first-order chi connectivity index (χ1) is 17.0. The van der Waals surface area contributed by atoms with E-state index in [0.717, 1.165) is 33.6 Å². The quantitative estimate of drug-likeness (QED) is 0.280. The van der Waals surface area contributed by atoms with Gasteiger partial charge in [0.05, 0.1) is 35.0 Å². The Balaban J connectivity index is 1.40. The number of amides is 3. The maximum atomic E-state index is 13.4. The minimum Gasteiger partial charge on any atom is -0.497 e. The van der Waals surface area contributed by atoms with Gasteiger partial charge in [-0.2, -0.15) is 0 Å². The number of rotatable bonds is 9. The number of anilines is 2. The zero-order valence-electron chi connectivity index (χ0n) is 19.2. The molecule has 0 bridgehead atoms. The molecule has 1 unspecified atom stereocenters. The minimum absolute atomic E-state index is 0.234. The number of nitrogens with zero attached hydrogens (tertiary/aromatic N) is 2. The minimum atomic E-state index is -0.765. The Kier molecular flexibility index (Phi) is 8.07. The first-order valence-corrected chi connectivity index (χ1v) is 12.5. The highest BCUT2D eigenvalue weighted by Crippen LogP contribution is 2.23. The molecule has 0 aliphatic heterocycles. The Morgan fingerprint density at radius 1 is 1.09 bits per heavy atom. The molecule has 4 aromatic rings. The SMILES string of the molecule is COc1ccc(N(C)C(=O)C(Cc2ccccc2)NC(=O)NSNc2ccc3ncsc3c2)cc1. The van der Waals surface area contributed by atoms with Gasteiger partial charge in [0.25, 0.3) is 0 Å². The number of methoxy groups -OCH3 is 1. The highest BCUT2D eigenvalue weighted by Gasteiger charge is 2.25. The number of hydrogen-bond acceptors (Lipinski definition) is 7. The zero-order chi connectivity index (χ0) is 24.6. The first-order valence-electron chi connectivity index (χ1n) is 10.8. The van der Waals surface area contributed by atoms with Crippen LogP contribution in [0.15, 0.2) is 78.3 Å². The smallest absolute Gasteiger partial charge is 0.326 e. The molecule has 1 heterocycles. The number of hydrogen-bond donors (Lipinski definition) is 3. The summed E-state index contributed by atoms with van der Waals surface area (Å²) in [6, 6.07) is 21.3. The van der Waals surface area contributed by atoms with Crippen molar-refractivity contribution >= 4 is 57.0 Å². The fourth-order valence-corrected chi connectivity index (χ4v) is 4.62. The standard InChI is InChI=1S/C25H25N5O3S2/c1-30(19-9-11-20(33-2)12-10-19)24(31)22(14-17-6-4-3-5-7-17)27-25(32)29-35-28-18-8-13-21-23(15-18)34-16-26-21/h3-13,15-16,22,28H,14H2,1-2H3,(H2,27,29,32). The number of urea groups is 1. The van der Waals surface area contributed by atoms with Crippen LogP contribution in [-0.4, -0.2) is 37.1 Å². The third-order valence-electron chi connectivity index (χ3n) is 5.32. The summed E-state index contributed by atoms with van der Waals surface area (Å²) in [5.41, 5.74) is 5.20. The van der Waals surface area contributed by atoms with Crippen LogP contribution in [0.2, 0.25) is 0 Å². The maximum absolute atomic E-state index is 13.4. The van der Waals surface area contributed by atoms with Crippen molar-refractivity contribution in [3.8, 4) is 5.75 Å². The summed E-state index contributed by atoms with van der Waals surface area (Å²) in [6.45, 7) is 0. The van der Waals surface area contributed by atoms with Crippen molar-refractivity contribution in [2.24, 2.45) is 0 Å². The lowest BCUT2D eigenvalue weighted by Gasteiger charge is -2.25. The van der Waals surface area contributed by atoms with Crippen LogP contribution < -0.4 is 24.4 Å². The van der Waals surface area contributed by atoms with E-state index in [9.17, 15) is 9.59 Å². The van der Waals surface area contributed by atoms with Crippen LogP contribution >= 0.6 is 23.5 Å². The molecule has 3 N–H and O–H groups in total. The van der Waals surface area contributed by atoms with Crippen LogP contribution in [0.4, 0.5) is 16.2 Å². The number of fused-ring (bicyclic) bond motifs is 1. The van der Waals surface area contributed by atoms with E-state index in [1.165, 1.54) is 4.90 Å². The lowest BCUT2D eigenvalue weighted by molar-refractivity contribution is -0.120. The van der Waals surface area contributed by atoms with E-state index in [1.54, 1.807) is 55.3 Å². The van der Waals surface area contributed by atoms with E-state index in [4.69, 9.17) is 4.74 Å². The maximum Gasteiger partial charge on any atom is 0.326 e. The van der Waals surface area contributed by atoms with Crippen molar-refractivity contribution < 1.29 is 14.3 Å². The fraction of sp³-hybridized carbons (Fsp3) is 0.160. The van der Waals surface area contributed by atoms with Gasteiger partial charge in [0.15, 0.2) is 0 Å². The number of carbonyl (C=O) groups excluding carboxylic acids is 2. The number of nitrogens with one attached hydrogen (secondary N) is 3. The van der Waals surface area contributed by atoms with Crippen molar-refractivity contribution in [1.29, 1.82) is 0 Å². The van der Waals surface area contributed by atoms with Crippen LogP contribution in [0.3, 0.4) is 0 Å². The van der Waals surface area contributed by atoms with Crippen LogP contribution in [-0.2, 0) is 11.2 Å². The lowest BCUT2D eigenvalue weighted by atomic mass is 10.0. The summed E-state index contributed by atoms with van der Waals surface area (Å²) in [5.74, 6) is 0.467. The van der Waals surface area contributed by atoms with Crippen LogP contribution in [0.25, 0.3) is 10.2 Å². The average molecular weight is 508 g/mol. The molecule has 1 aromatic heterocycles. The van der Waals surface area contributed by atoms with Gasteiger partial charge in [-0.1, -0.05) is 30.3 Å². The largest absolute Gasteiger partial charge is 0.497 e. The summed E-state index contributed by atoms with van der Waals surface area (Å²) in [6.07, 6.45) is 0.355. The highest BCUT2D eigenvalue weighted by atomic mass is 32.2. The Labute approximate surface area is 212 Å². The predicted molar refractivity (Wildman–Crippen MR) is 143 cm³/mol. The van der Waals surface area contributed by atoms with Gasteiger partial charge in [-0.05, 0) is 48.0 Å². The molecule has 0 aliphatic rings. The second kappa shape index (κ2) is 11.6. The number of ether oxygens (including phenoxy) is 1.